The van der Waals surface area contributed by atoms with Crippen LogP contribution in [-0.4, -0.2) is 28.9 Å². The lowest BCUT2D eigenvalue weighted by Gasteiger charge is -2.20. The van der Waals surface area contributed by atoms with Gasteiger partial charge in [0.15, 0.2) is 0 Å². The zero-order valence-electron chi connectivity index (χ0n) is 15.2. The molecule has 2 amide bonds. The van der Waals surface area contributed by atoms with Gasteiger partial charge in [0.05, 0.1) is 12.5 Å². The molecule has 0 bridgehead atoms. The molecule has 3 N–H and O–H groups in total. The number of hydrogen-bond donors (Lipinski definition) is 3. The second kappa shape index (κ2) is 10.1. The Morgan fingerprint density at radius 3 is 2.11 bits per heavy atom. The minimum Gasteiger partial charge on any atom is -0.481 e. The first-order valence-corrected chi connectivity index (χ1v) is 8.87. The van der Waals surface area contributed by atoms with Crippen LogP contribution < -0.4 is 10.6 Å². The Hall–Kier alpha value is -3.15. The van der Waals surface area contributed by atoms with Crippen molar-refractivity contribution in [3.63, 3.8) is 0 Å². The van der Waals surface area contributed by atoms with Crippen molar-refractivity contribution in [3.05, 3.63) is 71.8 Å². The fourth-order valence-electron chi connectivity index (χ4n) is 2.70. The summed E-state index contributed by atoms with van der Waals surface area (Å²) in [6.07, 6.45) is 0.418. The predicted octanol–water partition coefficient (Wildman–Crippen LogP) is 2.92. The number of carbonyl (C=O) groups excluding carboxylic acids is 2. The highest BCUT2D eigenvalue weighted by Crippen LogP contribution is 2.18. The fraction of sp³-hybridized carbons (Fsp3) is 0.286. The number of nitrogens with one attached hydrogen (secondary N) is 2. The normalized spacial score (nSPS) is 12.6. The van der Waals surface area contributed by atoms with Crippen LogP contribution >= 0.6 is 0 Å². The van der Waals surface area contributed by atoms with Crippen LogP contribution in [0.15, 0.2) is 60.7 Å². The van der Waals surface area contributed by atoms with Crippen molar-refractivity contribution in [2.45, 2.75) is 38.3 Å². The quantitative estimate of drug-likeness (QED) is 0.634. The second-order valence-electron chi connectivity index (χ2n) is 6.41. The lowest BCUT2D eigenvalue weighted by Crippen LogP contribution is -2.37. The Kier molecular flexibility index (Phi) is 7.55. The maximum atomic E-state index is 12.5. The van der Waals surface area contributed by atoms with E-state index in [1.807, 2.05) is 36.4 Å². The van der Waals surface area contributed by atoms with E-state index >= 15 is 0 Å². The van der Waals surface area contributed by atoms with E-state index in [4.69, 9.17) is 5.11 Å². The summed E-state index contributed by atoms with van der Waals surface area (Å²) in [7, 11) is 0. The second-order valence-corrected chi connectivity index (χ2v) is 6.41. The van der Waals surface area contributed by atoms with E-state index < -0.39 is 12.0 Å². The van der Waals surface area contributed by atoms with Gasteiger partial charge in [0, 0.05) is 18.0 Å². The van der Waals surface area contributed by atoms with Gasteiger partial charge in [-0.15, -0.1) is 0 Å². The van der Waals surface area contributed by atoms with Gasteiger partial charge in [-0.1, -0.05) is 48.5 Å². The van der Waals surface area contributed by atoms with E-state index in [9.17, 15) is 14.4 Å². The maximum absolute atomic E-state index is 12.5. The first kappa shape index (κ1) is 20.2. The largest absolute Gasteiger partial charge is 0.481 e. The number of benzene rings is 2. The topological polar surface area (TPSA) is 95.5 Å². The van der Waals surface area contributed by atoms with Crippen molar-refractivity contribution in [1.29, 1.82) is 0 Å². The molecule has 0 heterocycles. The molecule has 0 saturated heterocycles. The summed E-state index contributed by atoms with van der Waals surface area (Å²) in [6.45, 7) is 1.76. The minimum absolute atomic E-state index is 0.00565. The van der Waals surface area contributed by atoms with E-state index in [1.54, 1.807) is 31.2 Å². The van der Waals surface area contributed by atoms with Gasteiger partial charge in [0.25, 0.3) is 5.91 Å². The average molecular weight is 368 g/mol. The van der Waals surface area contributed by atoms with Gasteiger partial charge in [0.2, 0.25) is 5.91 Å². The molecule has 2 atom stereocenters. The van der Waals surface area contributed by atoms with E-state index in [1.165, 1.54) is 0 Å². The molecule has 0 radical (unpaired) electrons. The van der Waals surface area contributed by atoms with E-state index in [2.05, 4.69) is 10.6 Å². The van der Waals surface area contributed by atoms with Gasteiger partial charge in [-0.05, 0) is 31.0 Å². The molecule has 2 aromatic rings. The van der Waals surface area contributed by atoms with E-state index in [0.717, 1.165) is 5.56 Å². The maximum Gasteiger partial charge on any atom is 0.303 e. The zero-order valence-corrected chi connectivity index (χ0v) is 15.2. The molecule has 0 aromatic heterocycles. The van der Waals surface area contributed by atoms with Gasteiger partial charge in [-0.2, -0.15) is 0 Å². The molecule has 27 heavy (non-hydrogen) atoms. The predicted molar refractivity (Wildman–Crippen MR) is 102 cm³/mol. The molecule has 142 valence electrons. The van der Waals surface area contributed by atoms with Crippen LogP contribution in [-0.2, 0) is 9.59 Å². The zero-order chi connectivity index (χ0) is 19.6. The van der Waals surface area contributed by atoms with Crippen molar-refractivity contribution in [2.75, 3.05) is 0 Å². The van der Waals surface area contributed by atoms with Gasteiger partial charge in [0.1, 0.15) is 0 Å². The van der Waals surface area contributed by atoms with Crippen LogP contribution in [0.1, 0.15) is 48.1 Å². The first-order valence-electron chi connectivity index (χ1n) is 8.87. The highest BCUT2D eigenvalue weighted by Gasteiger charge is 2.20. The van der Waals surface area contributed by atoms with Crippen LogP contribution in [0.25, 0.3) is 0 Å². The number of amides is 2. The number of carboxylic acids is 1. The molecule has 2 aromatic carbocycles. The summed E-state index contributed by atoms with van der Waals surface area (Å²) in [4.78, 5) is 35.5. The molecular formula is C21H24N2O4. The SMILES string of the molecule is CC(CCC(=O)O)NC(=O)CC(NC(=O)c1ccccc1)c1ccccc1. The molecule has 6 heteroatoms. The molecule has 0 fully saturated rings. The van der Waals surface area contributed by atoms with E-state index in [-0.39, 0.29) is 30.7 Å². The third-order valence-electron chi connectivity index (χ3n) is 4.13. The summed E-state index contributed by atoms with van der Waals surface area (Å²) in [6, 6.07) is 17.4. The molecule has 6 nitrogen and oxygen atoms in total. The highest BCUT2D eigenvalue weighted by molar-refractivity contribution is 5.94. The third kappa shape index (κ3) is 6.93. The summed E-state index contributed by atoms with van der Waals surface area (Å²) < 4.78 is 0. The first-order chi connectivity index (χ1) is 13.0. The minimum atomic E-state index is -0.895. The van der Waals surface area contributed by atoms with Crippen LogP contribution in [0.4, 0.5) is 0 Å². The Morgan fingerprint density at radius 2 is 1.52 bits per heavy atom. The summed E-state index contributed by atoms with van der Waals surface area (Å²) >= 11 is 0. The molecule has 0 spiro atoms. The van der Waals surface area contributed by atoms with Gasteiger partial charge in [-0.25, -0.2) is 0 Å². The monoisotopic (exact) mass is 368 g/mol. The smallest absolute Gasteiger partial charge is 0.303 e. The van der Waals surface area contributed by atoms with Gasteiger partial charge in [-0.3, -0.25) is 14.4 Å². The van der Waals surface area contributed by atoms with Crippen LogP contribution in [0.2, 0.25) is 0 Å². The number of rotatable bonds is 9. The summed E-state index contributed by atoms with van der Waals surface area (Å²) in [5, 5.41) is 14.4. The van der Waals surface area contributed by atoms with Crippen LogP contribution in [0, 0.1) is 0 Å². The van der Waals surface area contributed by atoms with Crippen molar-refractivity contribution < 1.29 is 19.5 Å². The van der Waals surface area contributed by atoms with Crippen LogP contribution in [0.5, 0.6) is 0 Å². The van der Waals surface area contributed by atoms with Crippen LogP contribution in [0.3, 0.4) is 0 Å². The number of aliphatic carboxylic acids is 1. The van der Waals surface area contributed by atoms with E-state index in [0.29, 0.717) is 12.0 Å². The molecule has 0 saturated carbocycles. The van der Waals surface area contributed by atoms with Crippen molar-refractivity contribution >= 4 is 17.8 Å². The summed E-state index contributed by atoms with van der Waals surface area (Å²) in [5.41, 5.74) is 1.35. The molecule has 2 unspecified atom stereocenters. The van der Waals surface area contributed by atoms with Gasteiger partial charge < -0.3 is 15.7 Å². The molecule has 2 rings (SSSR count). The Morgan fingerprint density at radius 1 is 0.926 bits per heavy atom. The Labute approximate surface area is 158 Å². The standard InChI is InChI=1S/C21H24N2O4/c1-15(12-13-20(25)26)22-19(24)14-18(16-8-4-2-5-9-16)23-21(27)17-10-6-3-7-11-17/h2-11,15,18H,12-14H2,1H3,(H,22,24)(H,23,27)(H,25,26). The number of hydrogen-bond acceptors (Lipinski definition) is 3. The number of carboxylic acid groups (broad SMARTS) is 1. The van der Waals surface area contributed by atoms with Crippen molar-refractivity contribution in [2.24, 2.45) is 0 Å². The number of carbonyl (C=O) groups is 3. The molecule has 0 aliphatic heterocycles. The summed E-state index contributed by atoms with van der Waals surface area (Å²) in [5.74, 6) is -1.39. The Bertz CT molecular complexity index is 762. The molecular weight excluding hydrogens is 344 g/mol. The van der Waals surface area contributed by atoms with Crippen molar-refractivity contribution in [1.82, 2.24) is 10.6 Å². The molecule has 0 aliphatic rings. The molecule has 0 aliphatic carbocycles. The lowest BCUT2D eigenvalue weighted by atomic mass is 10.0. The lowest BCUT2D eigenvalue weighted by molar-refractivity contribution is -0.137. The van der Waals surface area contributed by atoms with Crippen molar-refractivity contribution in [3.8, 4) is 0 Å². The third-order valence-corrected chi connectivity index (χ3v) is 4.13. The average Bonchev–Trinajstić information content (AvgIpc) is 2.67. The Balaban J connectivity index is 2.03. The van der Waals surface area contributed by atoms with Gasteiger partial charge >= 0.3 is 5.97 Å². The fourth-order valence-corrected chi connectivity index (χ4v) is 2.70. The highest BCUT2D eigenvalue weighted by atomic mass is 16.4.